The fraction of sp³-hybridized carbons (Fsp3) is 0.222. The quantitative estimate of drug-likeness (QED) is 0.566. The third kappa shape index (κ3) is 4.44. The average Bonchev–Trinajstić information content (AvgIpc) is 3.03. The molecule has 0 fully saturated rings. The summed E-state index contributed by atoms with van der Waals surface area (Å²) in [4.78, 5) is 2.23. The summed E-state index contributed by atoms with van der Waals surface area (Å²) >= 11 is 9.50. The summed E-state index contributed by atoms with van der Waals surface area (Å²) in [7, 11) is 0. The van der Waals surface area contributed by atoms with Crippen LogP contribution in [0.4, 0.5) is 0 Å². The van der Waals surface area contributed by atoms with E-state index >= 15 is 0 Å². The molecule has 1 aromatic heterocycles. The standard InChI is InChI=1S/C18H17BrClN3O/c1-2-23(11-13-5-3-8-16(20)9-13)12-17-21-22-18(24-17)14-6-4-7-15(19)10-14/h3-10H,2,11-12H2,1H3. The predicted molar refractivity (Wildman–Crippen MR) is 98.7 cm³/mol. The van der Waals surface area contributed by atoms with Crippen molar-refractivity contribution in [1.29, 1.82) is 0 Å². The SMILES string of the molecule is CCN(Cc1cccc(Cl)c1)Cc1nnc(-c2cccc(Br)c2)o1. The third-order valence-electron chi connectivity index (χ3n) is 3.64. The highest BCUT2D eigenvalue weighted by molar-refractivity contribution is 9.10. The van der Waals surface area contributed by atoms with E-state index in [1.165, 1.54) is 0 Å². The Hall–Kier alpha value is -1.69. The first-order chi connectivity index (χ1) is 11.6. The van der Waals surface area contributed by atoms with Gasteiger partial charge in [-0.1, -0.05) is 52.7 Å². The monoisotopic (exact) mass is 405 g/mol. The Bertz CT molecular complexity index is 821. The van der Waals surface area contributed by atoms with Crippen molar-refractivity contribution >= 4 is 27.5 Å². The van der Waals surface area contributed by atoms with E-state index in [0.717, 1.165) is 33.7 Å². The molecule has 0 aliphatic carbocycles. The second-order valence-corrected chi connectivity index (χ2v) is 6.80. The van der Waals surface area contributed by atoms with E-state index < -0.39 is 0 Å². The molecule has 0 bridgehead atoms. The van der Waals surface area contributed by atoms with Crippen molar-refractivity contribution in [2.75, 3.05) is 6.54 Å². The summed E-state index contributed by atoms with van der Waals surface area (Å²) in [5.74, 6) is 1.14. The highest BCUT2D eigenvalue weighted by atomic mass is 79.9. The van der Waals surface area contributed by atoms with E-state index in [-0.39, 0.29) is 0 Å². The van der Waals surface area contributed by atoms with Crippen molar-refractivity contribution in [3.63, 3.8) is 0 Å². The number of hydrogen-bond donors (Lipinski definition) is 0. The Balaban J connectivity index is 1.70. The van der Waals surface area contributed by atoms with Crippen LogP contribution in [0.15, 0.2) is 57.4 Å². The number of benzene rings is 2. The maximum absolute atomic E-state index is 6.05. The number of rotatable bonds is 6. The molecular formula is C18H17BrClN3O. The van der Waals surface area contributed by atoms with E-state index in [4.69, 9.17) is 16.0 Å². The minimum atomic E-state index is 0.533. The fourth-order valence-electron chi connectivity index (χ4n) is 2.42. The van der Waals surface area contributed by atoms with Gasteiger partial charge in [0.1, 0.15) is 0 Å². The van der Waals surface area contributed by atoms with Crippen LogP contribution in [0.2, 0.25) is 5.02 Å². The maximum Gasteiger partial charge on any atom is 0.247 e. The predicted octanol–water partition coefficient (Wildman–Crippen LogP) is 5.17. The van der Waals surface area contributed by atoms with Gasteiger partial charge in [-0.25, -0.2) is 0 Å². The van der Waals surface area contributed by atoms with Gasteiger partial charge >= 0.3 is 0 Å². The van der Waals surface area contributed by atoms with E-state index in [2.05, 4.69) is 44.0 Å². The van der Waals surface area contributed by atoms with E-state index in [1.807, 2.05) is 42.5 Å². The summed E-state index contributed by atoms with van der Waals surface area (Å²) in [5, 5.41) is 9.07. The molecule has 6 heteroatoms. The lowest BCUT2D eigenvalue weighted by molar-refractivity contribution is 0.243. The Morgan fingerprint density at radius 1 is 1.08 bits per heavy atom. The van der Waals surface area contributed by atoms with Crippen molar-refractivity contribution in [3.8, 4) is 11.5 Å². The summed E-state index contributed by atoms with van der Waals surface area (Å²) in [5.41, 5.74) is 2.07. The van der Waals surface area contributed by atoms with Crippen LogP contribution in [0.1, 0.15) is 18.4 Å². The van der Waals surface area contributed by atoms with E-state index in [9.17, 15) is 0 Å². The molecule has 0 radical (unpaired) electrons. The van der Waals surface area contributed by atoms with Gasteiger partial charge in [0.15, 0.2) is 0 Å². The molecule has 0 amide bonds. The lowest BCUT2D eigenvalue weighted by Gasteiger charge is -2.18. The van der Waals surface area contributed by atoms with Gasteiger partial charge < -0.3 is 4.42 Å². The molecule has 0 unspecified atom stereocenters. The summed E-state index contributed by atoms with van der Waals surface area (Å²) in [6, 6.07) is 15.7. The smallest absolute Gasteiger partial charge is 0.247 e. The normalized spacial score (nSPS) is 11.2. The maximum atomic E-state index is 6.05. The average molecular weight is 407 g/mol. The fourth-order valence-corrected chi connectivity index (χ4v) is 3.03. The largest absolute Gasteiger partial charge is 0.419 e. The first kappa shape index (κ1) is 17.1. The molecule has 0 spiro atoms. The van der Waals surface area contributed by atoms with Crippen molar-refractivity contribution in [1.82, 2.24) is 15.1 Å². The topological polar surface area (TPSA) is 42.2 Å². The lowest BCUT2D eigenvalue weighted by Crippen LogP contribution is -2.22. The molecule has 124 valence electrons. The molecule has 24 heavy (non-hydrogen) atoms. The van der Waals surface area contributed by atoms with Gasteiger partial charge in [-0.2, -0.15) is 0 Å². The van der Waals surface area contributed by atoms with Crippen LogP contribution in [0.5, 0.6) is 0 Å². The molecule has 3 aromatic rings. The first-order valence-electron chi connectivity index (χ1n) is 7.69. The third-order valence-corrected chi connectivity index (χ3v) is 4.37. The molecule has 0 aliphatic heterocycles. The van der Waals surface area contributed by atoms with Crippen LogP contribution in [0, 0.1) is 0 Å². The molecule has 1 heterocycles. The highest BCUT2D eigenvalue weighted by Gasteiger charge is 2.13. The van der Waals surface area contributed by atoms with Crippen LogP contribution in [0.25, 0.3) is 11.5 Å². The number of nitrogens with zero attached hydrogens (tertiary/aromatic N) is 3. The van der Waals surface area contributed by atoms with Crippen LogP contribution in [0.3, 0.4) is 0 Å². The van der Waals surface area contributed by atoms with Gasteiger partial charge in [-0.3, -0.25) is 4.90 Å². The van der Waals surface area contributed by atoms with Gasteiger partial charge in [-0.05, 0) is 42.4 Å². The van der Waals surface area contributed by atoms with Gasteiger partial charge in [0.05, 0.1) is 6.54 Å². The second-order valence-electron chi connectivity index (χ2n) is 5.44. The van der Waals surface area contributed by atoms with Crippen LogP contribution >= 0.6 is 27.5 Å². The zero-order valence-electron chi connectivity index (χ0n) is 13.2. The van der Waals surface area contributed by atoms with Gasteiger partial charge in [0.2, 0.25) is 11.8 Å². The summed E-state index contributed by atoms with van der Waals surface area (Å²) < 4.78 is 6.79. The van der Waals surface area contributed by atoms with Crippen molar-refractivity contribution < 1.29 is 4.42 Å². The molecule has 4 nitrogen and oxygen atoms in total. The molecule has 0 saturated heterocycles. The molecule has 0 N–H and O–H groups in total. The van der Waals surface area contributed by atoms with Crippen molar-refractivity contribution in [2.24, 2.45) is 0 Å². The number of hydrogen-bond acceptors (Lipinski definition) is 4. The molecule has 3 rings (SSSR count). The second kappa shape index (κ2) is 7.92. The van der Waals surface area contributed by atoms with Crippen molar-refractivity contribution in [3.05, 3.63) is 69.5 Å². The molecular weight excluding hydrogens is 390 g/mol. The Labute approximate surface area is 154 Å². The molecule has 0 atom stereocenters. The van der Waals surface area contributed by atoms with Gasteiger partial charge in [-0.15, -0.1) is 10.2 Å². The Morgan fingerprint density at radius 3 is 2.67 bits per heavy atom. The zero-order chi connectivity index (χ0) is 16.9. The molecule has 2 aromatic carbocycles. The van der Waals surface area contributed by atoms with E-state index in [1.54, 1.807) is 0 Å². The highest BCUT2D eigenvalue weighted by Crippen LogP contribution is 2.22. The number of halogens is 2. The van der Waals surface area contributed by atoms with Crippen LogP contribution in [-0.4, -0.2) is 21.6 Å². The van der Waals surface area contributed by atoms with Gasteiger partial charge in [0.25, 0.3) is 0 Å². The minimum absolute atomic E-state index is 0.533. The Kier molecular flexibility index (Phi) is 5.66. The van der Waals surface area contributed by atoms with Crippen molar-refractivity contribution in [2.45, 2.75) is 20.0 Å². The van der Waals surface area contributed by atoms with Crippen LogP contribution in [-0.2, 0) is 13.1 Å². The summed E-state index contributed by atoms with van der Waals surface area (Å²) in [6.07, 6.45) is 0. The van der Waals surface area contributed by atoms with Crippen LogP contribution < -0.4 is 0 Å². The Morgan fingerprint density at radius 2 is 1.92 bits per heavy atom. The zero-order valence-corrected chi connectivity index (χ0v) is 15.6. The summed E-state index contributed by atoms with van der Waals surface area (Å²) in [6.45, 7) is 4.37. The molecule has 0 saturated carbocycles. The minimum Gasteiger partial charge on any atom is -0.419 e. The lowest BCUT2D eigenvalue weighted by atomic mass is 10.2. The van der Waals surface area contributed by atoms with E-state index in [0.29, 0.717) is 18.3 Å². The first-order valence-corrected chi connectivity index (χ1v) is 8.86. The molecule has 0 aliphatic rings. The number of aromatic nitrogens is 2. The van der Waals surface area contributed by atoms with Gasteiger partial charge in [0, 0.05) is 21.6 Å².